The molecule has 1 aromatic carbocycles. The van der Waals surface area contributed by atoms with Gasteiger partial charge in [0.15, 0.2) is 5.96 Å². The molecule has 8 amide bonds. The lowest BCUT2D eigenvalue weighted by Crippen LogP contribution is -2.60. The van der Waals surface area contributed by atoms with Gasteiger partial charge < -0.3 is 74.0 Å². The molecule has 5 rings (SSSR count). The van der Waals surface area contributed by atoms with Crippen molar-refractivity contribution in [2.75, 3.05) is 19.6 Å². The van der Waals surface area contributed by atoms with E-state index in [1.807, 2.05) is 52.0 Å². The first-order valence-corrected chi connectivity index (χ1v) is 26.0. The Kier molecular flexibility index (Phi) is 21.7. The van der Waals surface area contributed by atoms with Crippen LogP contribution in [0, 0.1) is 11.8 Å². The molecule has 3 aromatic rings. The van der Waals surface area contributed by atoms with Gasteiger partial charge in [0.25, 0.3) is 0 Å². The molecule has 0 aliphatic carbocycles. The summed E-state index contributed by atoms with van der Waals surface area (Å²) in [6, 6.07) is -2.76. The van der Waals surface area contributed by atoms with Gasteiger partial charge in [-0.05, 0) is 88.7 Å². The molecule has 2 aliphatic heterocycles. The van der Waals surface area contributed by atoms with Crippen molar-refractivity contribution in [1.29, 1.82) is 0 Å². The van der Waals surface area contributed by atoms with Gasteiger partial charge in [0.05, 0.1) is 12.4 Å². The Balaban J connectivity index is 1.28. The molecule has 2 saturated heterocycles. The molecule has 25 heteroatoms. The van der Waals surface area contributed by atoms with Crippen LogP contribution in [0.3, 0.4) is 0 Å². The van der Waals surface area contributed by atoms with Crippen molar-refractivity contribution in [2.24, 2.45) is 34.0 Å². The Morgan fingerprint density at radius 1 is 0.697 bits per heavy atom. The van der Waals surface area contributed by atoms with Gasteiger partial charge >= 0.3 is 5.97 Å². The molecule has 9 atom stereocenters. The maximum absolute atomic E-state index is 14.7. The molecule has 2 aliphatic rings. The summed E-state index contributed by atoms with van der Waals surface area (Å²) in [6.07, 6.45) is 7.02. The number of rotatable bonds is 27. The summed E-state index contributed by atoms with van der Waals surface area (Å²) in [6.45, 7) is 10.7. The Morgan fingerprint density at radius 2 is 1.26 bits per heavy atom. The topological polar surface area (TPSA) is 387 Å². The highest BCUT2D eigenvalue weighted by Gasteiger charge is 2.41. The number of benzene rings is 1. The van der Waals surface area contributed by atoms with E-state index < -0.39 is 108 Å². The first-order chi connectivity index (χ1) is 36.0. The zero-order valence-electron chi connectivity index (χ0n) is 44.2. The van der Waals surface area contributed by atoms with E-state index in [0.29, 0.717) is 37.1 Å². The fraction of sp³-hybridized carbons (Fsp3) is 0.588. The second-order valence-corrected chi connectivity index (χ2v) is 20.6. The predicted molar refractivity (Wildman–Crippen MR) is 281 cm³/mol. The second-order valence-electron chi connectivity index (χ2n) is 20.6. The van der Waals surface area contributed by atoms with Gasteiger partial charge in [-0.3, -0.25) is 43.3 Å². The molecule has 15 N–H and O–H groups in total. The molecule has 0 bridgehead atoms. The van der Waals surface area contributed by atoms with Crippen molar-refractivity contribution in [3.05, 3.63) is 54.2 Å². The van der Waals surface area contributed by atoms with Gasteiger partial charge in [-0.2, -0.15) is 0 Å². The van der Waals surface area contributed by atoms with Crippen LogP contribution < -0.4 is 49.1 Å². The number of H-pyrrole nitrogens is 2. The fourth-order valence-electron chi connectivity index (χ4n) is 9.52. The van der Waals surface area contributed by atoms with Gasteiger partial charge in [-0.1, -0.05) is 45.9 Å². The van der Waals surface area contributed by atoms with Crippen LogP contribution in [0.1, 0.15) is 104 Å². The van der Waals surface area contributed by atoms with E-state index in [-0.39, 0.29) is 75.8 Å². The van der Waals surface area contributed by atoms with E-state index in [0.717, 1.165) is 10.9 Å². The number of hydrogen-bond donors (Lipinski definition) is 12. The average molecular weight is 1060 g/mol. The number of aliphatic carboxylic acids is 1. The summed E-state index contributed by atoms with van der Waals surface area (Å²) in [5, 5.41) is 26.8. The summed E-state index contributed by atoms with van der Waals surface area (Å²) in [5.41, 5.74) is 19.4. The van der Waals surface area contributed by atoms with E-state index in [1.165, 1.54) is 30.0 Å². The minimum atomic E-state index is -1.31. The molecular formula is C51H77N15O10. The normalized spacial score (nSPS) is 18.2. The number of carboxylic acids is 1. The Hall–Kier alpha value is -7.57. The number of nitrogens with one attached hydrogen (secondary N) is 8. The molecule has 4 heterocycles. The molecule has 2 aromatic heterocycles. The molecule has 416 valence electrons. The summed E-state index contributed by atoms with van der Waals surface area (Å²) < 4.78 is 0. The zero-order valence-corrected chi connectivity index (χ0v) is 44.2. The SMILES string of the molecule is CC(C)C[C@H](NC(=O)[C@@H]1CCCN1C(=O)[C@H](Cc1c[nH]c2ccccc12)NC(=O)[C@H](CCCN=C(N)N)NC(=O)[C@H](C)NC(=O)[C@H](CC(C)C)NC(=O)[C@H](C)NC(=O)[C@@H]1CCCN1C(=O)[C@@H](N)Cc1cnc[nH]1)C(=O)O. The zero-order chi connectivity index (χ0) is 55.8. The number of fused-ring (bicyclic) bond motifs is 1. The molecule has 25 nitrogen and oxygen atoms in total. The number of aromatic nitrogens is 3. The highest BCUT2D eigenvalue weighted by molar-refractivity contribution is 5.98. The molecule has 0 spiro atoms. The highest BCUT2D eigenvalue weighted by Crippen LogP contribution is 2.24. The number of nitrogens with zero attached hydrogens (tertiary/aromatic N) is 4. The number of likely N-dealkylation sites (tertiary alicyclic amines) is 2. The van der Waals surface area contributed by atoms with Crippen molar-refractivity contribution < 1.29 is 48.3 Å². The number of aromatic amines is 2. The lowest BCUT2D eigenvalue weighted by atomic mass is 10.0. The number of nitrogens with two attached hydrogens (primary N) is 3. The summed E-state index contributed by atoms with van der Waals surface area (Å²) >= 11 is 0. The largest absolute Gasteiger partial charge is 0.480 e. The third-order valence-corrected chi connectivity index (χ3v) is 13.4. The van der Waals surface area contributed by atoms with E-state index in [1.54, 1.807) is 12.4 Å². The number of aliphatic imine (C=N–C) groups is 1. The van der Waals surface area contributed by atoms with E-state index >= 15 is 0 Å². The van der Waals surface area contributed by atoms with Crippen LogP contribution in [0.2, 0.25) is 0 Å². The molecule has 76 heavy (non-hydrogen) atoms. The number of carbonyl (C=O) groups excluding carboxylic acids is 8. The van der Waals surface area contributed by atoms with Crippen LogP contribution in [0.25, 0.3) is 10.9 Å². The van der Waals surface area contributed by atoms with Crippen LogP contribution in [0.4, 0.5) is 0 Å². The van der Waals surface area contributed by atoms with Crippen LogP contribution in [-0.2, 0) is 56.0 Å². The van der Waals surface area contributed by atoms with Gasteiger partial charge in [0, 0.05) is 61.5 Å². The van der Waals surface area contributed by atoms with E-state index in [2.05, 4.69) is 51.8 Å². The molecule has 0 radical (unpaired) electrons. The van der Waals surface area contributed by atoms with Gasteiger partial charge in [0.1, 0.15) is 48.3 Å². The first kappa shape index (κ1) is 59.3. The quantitative estimate of drug-likeness (QED) is 0.0252. The summed E-state index contributed by atoms with van der Waals surface area (Å²) in [5.74, 6) is -6.71. The van der Waals surface area contributed by atoms with Gasteiger partial charge in [-0.25, -0.2) is 9.78 Å². The number of para-hydroxylation sites is 1. The number of hydrogen-bond acceptors (Lipinski definition) is 12. The lowest BCUT2D eigenvalue weighted by molar-refractivity contribution is -0.145. The smallest absolute Gasteiger partial charge is 0.326 e. The molecule has 0 unspecified atom stereocenters. The van der Waals surface area contributed by atoms with Crippen molar-refractivity contribution in [1.82, 2.24) is 56.7 Å². The maximum atomic E-state index is 14.7. The molecular weight excluding hydrogens is 983 g/mol. The highest BCUT2D eigenvalue weighted by atomic mass is 16.4. The van der Waals surface area contributed by atoms with Crippen molar-refractivity contribution >= 4 is 70.1 Å². The van der Waals surface area contributed by atoms with Crippen LogP contribution >= 0.6 is 0 Å². The van der Waals surface area contributed by atoms with Crippen molar-refractivity contribution in [3.63, 3.8) is 0 Å². The number of amides is 8. The number of carbonyl (C=O) groups is 9. The van der Waals surface area contributed by atoms with Crippen molar-refractivity contribution in [2.45, 2.75) is 160 Å². The van der Waals surface area contributed by atoms with E-state index in [9.17, 15) is 48.3 Å². The summed E-state index contributed by atoms with van der Waals surface area (Å²) in [4.78, 5) is 140. The first-order valence-electron chi connectivity index (χ1n) is 26.0. The summed E-state index contributed by atoms with van der Waals surface area (Å²) in [7, 11) is 0. The van der Waals surface area contributed by atoms with E-state index in [4.69, 9.17) is 17.2 Å². The Bertz CT molecular complexity index is 2540. The monoisotopic (exact) mass is 1060 g/mol. The second kappa shape index (κ2) is 27.8. The molecule has 2 fully saturated rings. The average Bonchev–Trinajstić information content (AvgIpc) is 4.22. The lowest BCUT2D eigenvalue weighted by Gasteiger charge is -2.31. The fourth-order valence-corrected chi connectivity index (χ4v) is 9.52. The van der Waals surface area contributed by atoms with Gasteiger partial charge in [-0.15, -0.1) is 0 Å². The minimum Gasteiger partial charge on any atom is -0.480 e. The number of imidazole rings is 1. The standard InChI is InChI=1S/C51H77N15O10/c1-27(2)20-37(62-43(68)30(6)60-46(71)40-15-10-18-65(40)48(73)34(52)23-32-25-55-26-58-32)45(70)59-29(5)42(67)61-36(14-9-17-56-51(53)54)44(69)63-38(22-31-24-57-35-13-8-7-12-33(31)35)49(74)66-19-11-16-41(66)47(72)64-39(50(75)76)21-28(3)4/h7-8,12-13,24-30,34,36-41,57H,9-11,14-23,52H2,1-6H3,(H,55,58)(H,59,70)(H,60,71)(H,61,67)(H,62,68)(H,63,69)(H,64,72)(H,75,76)(H4,53,54,56)/t29-,30-,34-,36-,37-,38-,39-,40-,41-/m0/s1. The van der Waals surface area contributed by atoms with Crippen LogP contribution in [-0.4, -0.2) is 163 Å². The predicted octanol–water partition coefficient (Wildman–Crippen LogP) is -0.836. The third-order valence-electron chi connectivity index (χ3n) is 13.4. The van der Waals surface area contributed by atoms with Gasteiger partial charge in [0.2, 0.25) is 47.3 Å². The third kappa shape index (κ3) is 16.7. The van der Waals surface area contributed by atoms with Crippen LogP contribution in [0.15, 0.2) is 48.0 Å². The maximum Gasteiger partial charge on any atom is 0.326 e. The Morgan fingerprint density at radius 3 is 1.87 bits per heavy atom. The minimum absolute atomic E-state index is 0.0232. The number of carboxylic acid groups (broad SMARTS) is 1. The Labute approximate surface area is 441 Å². The number of guanidine groups is 1. The van der Waals surface area contributed by atoms with Crippen LogP contribution in [0.5, 0.6) is 0 Å². The van der Waals surface area contributed by atoms with Crippen molar-refractivity contribution in [3.8, 4) is 0 Å². The molecule has 0 saturated carbocycles.